The van der Waals surface area contributed by atoms with Crippen LogP contribution in [0.5, 0.6) is 5.75 Å². The molecule has 142 valence electrons. The molecule has 4 rings (SSSR count). The molecule has 28 heavy (non-hydrogen) atoms. The van der Waals surface area contributed by atoms with Crippen LogP contribution in [0.4, 0.5) is 0 Å². The third kappa shape index (κ3) is 3.93. The van der Waals surface area contributed by atoms with Gasteiger partial charge in [-0.05, 0) is 48.4 Å². The number of hydrogen-bond donors (Lipinski definition) is 2. The molecule has 1 aliphatic carbocycles. The number of aliphatic hydroxyl groups is 2. The van der Waals surface area contributed by atoms with Crippen molar-refractivity contribution in [1.29, 1.82) is 0 Å². The van der Waals surface area contributed by atoms with Crippen LogP contribution >= 0.6 is 0 Å². The van der Waals surface area contributed by atoms with Crippen LogP contribution in [0.1, 0.15) is 12.0 Å². The molecule has 2 aromatic carbocycles. The monoisotopic (exact) mass is 373 g/mol. The molecular formula is C24H23NO3. The number of hydrogen-bond acceptors (Lipinski definition) is 3. The minimum Gasteiger partial charge on any atom is -0.458 e. The van der Waals surface area contributed by atoms with E-state index in [1.54, 1.807) is 0 Å². The van der Waals surface area contributed by atoms with E-state index in [1.807, 2.05) is 60.8 Å². The minimum atomic E-state index is -0.759. The molecule has 1 atom stereocenters. The zero-order valence-corrected chi connectivity index (χ0v) is 15.5. The Morgan fingerprint density at radius 2 is 1.75 bits per heavy atom. The first-order valence-electron chi connectivity index (χ1n) is 9.44. The lowest BCUT2D eigenvalue weighted by Gasteiger charge is -2.07. The summed E-state index contributed by atoms with van der Waals surface area (Å²) in [6.45, 7) is -0.244. The number of benzene rings is 2. The van der Waals surface area contributed by atoms with Gasteiger partial charge in [0.1, 0.15) is 11.5 Å². The summed E-state index contributed by atoms with van der Waals surface area (Å²) in [4.78, 5) is 0. The van der Waals surface area contributed by atoms with Gasteiger partial charge in [0.15, 0.2) is 0 Å². The highest BCUT2D eigenvalue weighted by atomic mass is 16.5. The highest BCUT2D eigenvalue weighted by molar-refractivity contribution is 5.88. The second-order valence-corrected chi connectivity index (χ2v) is 6.80. The molecular weight excluding hydrogens is 350 g/mol. The number of rotatable bonds is 6. The van der Waals surface area contributed by atoms with E-state index in [-0.39, 0.29) is 6.61 Å². The lowest BCUT2D eigenvalue weighted by molar-refractivity contribution is 0.0957. The molecule has 4 heteroatoms. The Morgan fingerprint density at radius 1 is 0.964 bits per heavy atom. The molecule has 0 saturated heterocycles. The third-order valence-corrected chi connectivity index (χ3v) is 4.78. The van der Waals surface area contributed by atoms with E-state index in [4.69, 9.17) is 4.74 Å². The number of ether oxygens (including phenoxy) is 1. The maximum Gasteiger partial charge on any atom is 0.127 e. The number of aliphatic hydroxyl groups excluding tert-OH is 2. The lowest BCUT2D eigenvalue weighted by atomic mass is 10.1. The first-order valence-corrected chi connectivity index (χ1v) is 9.44. The van der Waals surface area contributed by atoms with Gasteiger partial charge in [0.2, 0.25) is 0 Å². The zero-order chi connectivity index (χ0) is 19.3. The van der Waals surface area contributed by atoms with Gasteiger partial charge in [-0.2, -0.15) is 0 Å². The highest BCUT2D eigenvalue weighted by Gasteiger charge is 2.14. The van der Waals surface area contributed by atoms with Crippen molar-refractivity contribution in [3.8, 4) is 5.75 Å². The molecule has 0 amide bonds. The van der Waals surface area contributed by atoms with E-state index in [0.29, 0.717) is 6.42 Å². The van der Waals surface area contributed by atoms with Gasteiger partial charge in [-0.1, -0.05) is 42.5 Å². The largest absolute Gasteiger partial charge is 0.458 e. The Kier molecular flexibility index (Phi) is 5.42. The summed E-state index contributed by atoms with van der Waals surface area (Å²) in [6.07, 6.45) is 10.7. The number of fused-ring (bicyclic) bond motifs is 1. The first kappa shape index (κ1) is 18.3. The molecule has 1 unspecified atom stereocenters. The van der Waals surface area contributed by atoms with Crippen LogP contribution in [0.15, 0.2) is 90.9 Å². The Labute approximate surface area is 164 Å². The summed E-state index contributed by atoms with van der Waals surface area (Å²) in [5, 5.41) is 20.2. The molecule has 0 fully saturated rings. The summed E-state index contributed by atoms with van der Waals surface area (Å²) in [5.41, 5.74) is 3.14. The molecule has 3 aromatic rings. The molecule has 0 radical (unpaired) electrons. The summed E-state index contributed by atoms with van der Waals surface area (Å²) in [6, 6.07) is 17.9. The van der Waals surface area contributed by atoms with Gasteiger partial charge >= 0.3 is 0 Å². The van der Waals surface area contributed by atoms with Gasteiger partial charge in [0, 0.05) is 23.7 Å². The van der Waals surface area contributed by atoms with Gasteiger partial charge in [0.05, 0.1) is 18.2 Å². The van der Waals surface area contributed by atoms with E-state index >= 15 is 0 Å². The average molecular weight is 373 g/mol. The maximum absolute atomic E-state index is 9.90. The fourth-order valence-corrected chi connectivity index (χ4v) is 3.42. The molecule has 0 bridgehead atoms. The van der Waals surface area contributed by atoms with Gasteiger partial charge in [-0.15, -0.1) is 0 Å². The second kappa shape index (κ2) is 8.30. The molecule has 2 N–H and O–H groups in total. The van der Waals surface area contributed by atoms with Crippen LogP contribution in [0.3, 0.4) is 0 Å². The van der Waals surface area contributed by atoms with Crippen LogP contribution < -0.4 is 4.74 Å². The predicted molar refractivity (Wildman–Crippen MR) is 112 cm³/mol. The first-order chi connectivity index (χ1) is 13.7. The van der Waals surface area contributed by atoms with Gasteiger partial charge in [0.25, 0.3) is 0 Å². The van der Waals surface area contributed by atoms with E-state index in [1.165, 1.54) is 0 Å². The molecule has 4 nitrogen and oxygen atoms in total. The summed E-state index contributed by atoms with van der Waals surface area (Å²) >= 11 is 0. The topological polar surface area (TPSA) is 54.6 Å². The average Bonchev–Trinajstić information content (AvgIpc) is 2.92. The normalized spacial score (nSPS) is 15.1. The van der Waals surface area contributed by atoms with Crippen molar-refractivity contribution in [2.45, 2.75) is 18.9 Å². The summed E-state index contributed by atoms with van der Waals surface area (Å²) < 4.78 is 8.08. The molecule has 1 aliphatic rings. The second-order valence-electron chi connectivity index (χ2n) is 6.80. The van der Waals surface area contributed by atoms with Crippen molar-refractivity contribution in [3.63, 3.8) is 0 Å². The molecule has 0 saturated carbocycles. The van der Waals surface area contributed by atoms with Crippen LogP contribution in [0.2, 0.25) is 0 Å². The van der Waals surface area contributed by atoms with Crippen LogP contribution in [0, 0.1) is 0 Å². The molecule has 0 aliphatic heterocycles. The molecule has 1 heterocycles. The number of allylic oxidation sites excluding steroid dienone is 5. The number of nitrogens with zero attached hydrogens (tertiary/aromatic N) is 1. The number of para-hydroxylation sites is 2. The summed E-state index contributed by atoms with van der Waals surface area (Å²) in [7, 11) is 0. The van der Waals surface area contributed by atoms with Crippen LogP contribution in [0.25, 0.3) is 16.6 Å². The highest BCUT2D eigenvalue weighted by Crippen LogP contribution is 2.28. The maximum atomic E-state index is 9.90. The Balaban J connectivity index is 1.62. The van der Waals surface area contributed by atoms with Crippen molar-refractivity contribution < 1.29 is 14.9 Å². The van der Waals surface area contributed by atoms with Crippen molar-refractivity contribution in [3.05, 3.63) is 96.4 Å². The van der Waals surface area contributed by atoms with E-state index < -0.39 is 6.10 Å². The van der Waals surface area contributed by atoms with Crippen molar-refractivity contribution in [1.82, 2.24) is 4.57 Å². The SMILES string of the molecule is OCC(O)Cc1cn(C2=CCC=C(Oc3ccccc3)C=C2)c2ccccc12. The third-order valence-electron chi connectivity index (χ3n) is 4.78. The van der Waals surface area contributed by atoms with E-state index in [9.17, 15) is 10.2 Å². The number of aromatic nitrogens is 1. The minimum absolute atomic E-state index is 0.244. The van der Waals surface area contributed by atoms with Gasteiger partial charge in [-0.25, -0.2) is 0 Å². The van der Waals surface area contributed by atoms with Crippen LogP contribution in [-0.4, -0.2) is 27.5 Å². The zero-order valence-electron chi connectivity index (χ0n) is 15.5. The smallest absolute Gasteiger partial charge is 0.127 e. The summed E-state index contributed by atoms with van der Waals surface area (Å²) in [5.74, 6) is 1.62. The quantitative estimate of drug-likeness (QED) is 0.677. The van der Waals surface area contributed by atoms with Crippen molar-refractivity contribution >= 4 is 16.6 Å². The van der Waals surface area contributed by atoms with Crippen molar-refractivity contribution in [2.24, 2.45) is 0 Å². The fourth-order valence-electron chi connectivity index (χ4n) is 3.42. The van der Waals surface area contributed by atoms with Gasteiger partial charge < -0.3 is 19.5 Å². The molecule has 0 spiro atoms. The predicted octanol–water partition coefficient (Wildman–Crippen LogP) is 4.30. The fraction of sp³-hybridized carbons (Fsp3) is 0.167. The van der Waals surface area contributed by atoms with E-state index in [2.05, 4.69) is 28.9 Å². The Morgan fingerprint density at radius 3 is 2.57 bits per heavy atom. The van der Waals surface area contributed by atoms with Crippen LogP contribution in [-0.2, 0) is 6.42 Å². The Hall–Kier alpha value is -3.08. The van der Waals surface area contributed by atoms with E-state index in [0.717, 1.165) is 40.1 Å². The standard InChI is InChI=1S/C24H23NO3/c26-17-20(27)15-18-16-25(24-12-5-4-11-23(18)24)19-7-6-10-22(14-13-19)28-21-8-2-1-3-9-21/h1-5,7-14,16,20,26-27H,6,15,17H2. The lowest BCUT2D eigenvalue weighted by Crippen LogP contribution is -2.14. The molecule has 1 aromatic heterocycles. The Bertz CT molecular complexity index is 1040. The van der Waals surface area contributed by atoms with Gasteiger partial charge in [-0.3, -0.25) is 0 Å². The van der Waals surface area contributed by atoms with Crippen molar-refractivity contribution in [2.75, 3.05) is 6.61 Å².